The molecule has 4 nitrogen and oxygen atoms in total. The van der Waals surface area contributed by atoms with Gasteiger partial charge >= 0.3 is 0 Å². The van der Waals surface area contributed by atoms with Crippen molar-refractivity contribution in [1.29, 1.82) is 0 Å². The Kier molecular flexibility index (Phi) is 5.00. The van der Waals surface area contributed by atoms with Crippen molar-refractivity contribution in [3.05, 3.63) is 90.8 Å². The highest BCUT2D eigenvalue weighted by Gasteiger charge is 2.01. The van der Waals surface area contributed by atoms with Crippen LogP contribution in [0, 0.1) is 0 Å². The van der Waals surface area contributed by atoms with E-state index in [1.165, 1.54) is 6.08 Å². The number of para-hydroxylation sites is 1. The summed E-state index contributed by atoms with van der Waals surface area (Å²) in [7, 11) is 0. The zero-order valence-electron chi connectivity index (χ0n) is 12.9. The molecule has 1 N–H and O–H groups in total. The van der Waals surface area contributed by atoms with Crippen LogP contribution in [0.3, 0.4) is 0 Å². The molecule has 0 fully saturated rings. The highest BCUT2D eigenvalue weighted by molar-refractivity contribution is 6.01. The van der Waals surface area contributed by atoms with Crippen LogP contribution in [0.25, 0.3) is 6.08 Å². The number of carbonyl (C=O) groups excluding carboxylic acids is 1. The summed E-state index contributed by atoms with van der Waals surface area (Å²) in [5, 5.41) is 2.81. The maximum Gasteiger partial charge on any atom is 0.248 e. The molecular weight excluding hydrogens is 300 g/mol. The number of benzene rings is 2. The van der Waals surface area contributed by atoms with Crippen LogP contribution in [-0.4, -0.2) is 10.9 Å². The summed E-state index contributed by atoms with van der Waals surface area (Å²) < 4.78 is 5.75. The molecule has 0 saturated carbocycles. The molecule has 118 valence electrons. The lowest BCUT2D eigenvalue weighted by Crippen LogP contribution is -2.07. The molecule has 0 aliphatic rings. The Morgan fingerprint density at radius 2 is 1.79 bits per heavy atom. The third-order valence-electron chi connectivity index (χ3n) is 3.19. The largest absolute Gasteiger partial charge is 0.457 e. The maximum absolute atomic E-state index is 12.0. The Morgan fingerprint density at radius 3 is 2.58 bits per heavy atom. The average Bonchev–Trinajstić information content (AvgIpc) is 2.62. The zero-order chi connectivity index (χ0) is 16.6. The van der Waals surface area contributed by atoms with E-state index in [9.17, 15) is 4.79 Å². The molecule has 3 rings (SSSR count). The van der Waals surface area contributed by atoms with Crippen LogP contribution >= 0.6 is 0 Å². The lowest BCUT2D eigenvalue weighted by Gasteiger charge is -2.08. The minimum Gasteiger partial charge on any atom is -0.457 e. The number of pyridine rings is 1. The number of ether oxygens (including phenoxy) is 1. The Morgan fingerprint density at radius 1 is 0.958 bits per heavy atom. The van der Waals surface area contributed by atoms with Gasteiger partial charge in [0, 0.05) is 30.2 Å². The van der Waals surface area contributed by atoms with Crippen LogP contribution in [0.5, 0.6) is 11.5 Å². The first kappa shape index (κ1) is 15.5. The van der Waals surface area contributed by atoms with E-state index >= 15 is 0 Å². The van der Waals surface area contributed by atoms with Gasteiger partial charge in [0.15, 0.2) is 0 Å². The average molecular weight is 316 g/mol. The summed E-state index contributed by atoms with van der Waals surface area (Å²) in [4.78, 5) is 16.0. The highest BCUT2D eigenvalue weighted by Crippen LogP contribution is 2.23. The monoisotopic (exact) mass is 316 g/mol. The number of hydrogen-bond acceptors (Lipinski definition) is 3. The van der Waals surface area contributed by atoms with Crippen molar-refractivity contribution < 1.29 is 9.53 Å². The lowest BCUT2D eigenvalue weighted by atomic mass is 10.2. The fraction of sp³-hybridized carbons (Fsp3) is 0. The Bertz CT molecular complexity index is 831. The van der Waals surface area contributed by atoms with Crippen molar-refractivity contribution in [3.63, 3.8) is 0 Å². The van der Waals surface area contributed by atoms with Crippen LogP contribution in [-0.2, 0) is 4.79 Å². The lowest BCUT2D eigenvalue weighted by molar-refractivity contribution is -0.111. The molecule has 3 aromatic rings. The van der Waals surface area contributed by atoms with E-state index in [-0.39, 0.29) is 5.91 Å². The Hall–Kier alpha value is -3.40. The number of rotatable bonds is 5. The van der Waals surface area contributed by atoms with Gasteiger partial charge in [0.25, 0.3) is 0 Å². The smallest absolute Gasteiger partial charge is 0.248 e. The molecule has 1 aromatic heterocycles. The fourth-order valence-corrected chi connectivity index (χ4v) is 2.09. The first-order valence-corrected chi connectivity index (χ1v) is 7.52. The molecule has 0 atom stereocenters. The molecule has 0 bridgehead atoms. The number of carbonyl (C=O) groups is 1. The SMILES string of the molecule is O=C(/C=C/c1cccnc1)Nc1cccc(Oc2ccccc2)c1. The standard InChI is InChI=1S/C20H16N2O2/c23-20(12-11-16-6-5-13-21-15-16)22-17-7-4-10-19(14-17)24-18-8-2-1-3-9-18/h1-15H,(H,22,23)/b12-11+. The van der Waals surface area contributed by atoms with E-state index in [2.05, 4.69) is 10.3 Å². The van der Waals surface area contributed by atoms with Gasteiger partial charge in [-0.2, -0.15) is 0 Å². The molecule has 0 aliphatic carbocycles. The van der Waals surface area contributed by atoms with Crippen LogP contribution in [0.4, 0.5) is 5.69 Å². The van der Waals surface area contributed by atoms with Crippen molar-refractivity contribution in [2.45, 2.75) is 0 Å². The highest BCUT2D eigenvalue weighted by atomic mass is 16.5. The van der Waals surface area contributed by atoms with Crippen molar-refractivity contribution in [2.75, 3.05) is 5.32 Å². The quantitative estimate of drug-likeness (QED) is 0.704. The molecule has 1 heterocycles. The number of anilines is 1. The molecule has 0 saturated heterocycles. The number of amides is 1. The molecule has 0 radical (unpaired) electrons. The summed E-state index contributed by atoms with van der Waals surface area (Å²) in [6.07, 6.45) is 6.57. The van der Waals surface area contributed by atoms with Gasteiger partial charge in [0.2, 0.25) is 5.91 Å². The van der Waals surface area contributed by atoms with Crippen LogP contribution < -0.4 is 10.1 Å². The third-order valence-corrected chi connectivity index (χ3v) is 3.19. The van der Waals surface area contributed by atoms with E-state index in [1.807, 2.05) is 60.7 Å². The predicted molar refractivity (Wildman–Crippen MR) is 94.9 cm³/mol. The molecule has 0 unspecified atom stereocenters. The van der Waals surface area contributed by atoms with E-state index in [0.29, 0.717) is 11.4 Å². The number of nitrogens with one attached hydrogen (secondary N) is 1. The second kappa shape index (κ2) is 7.74. The maximum atomic E-state index is 12.0. The number of hydrogen-bond donors (Lipinski definition) is 1. The molecular formula is C20H16N2O2. The normalized spacial score (nSPS) is 10.5. The molecule has 1 amide bonds. The first-order chi connectivity index (χ1) is 11.8. The van der Waals surface area contributed by atoms with Crippen LogP contribution in [0.2, 0.25) is 0 Å². The van der Waals surface area contributed by atoms with Gasteiger partial charge in [0.1, 0.15) is 11.5 Å². The van der Waals surface area contributed by atoms with Gasteiger partial charge in [-0.25, -0.2) is 0 Å². The fourth-order valence-electron chi connectivity index (χ4n) is 2.09. The second-order valence-corrected chi connectivity index (χ2v) is 5.05. The zero-order valence-corrected chi connectivity index (χ0v) is 12.9. The summed E-state index contributed by atoms with van der Waals surface area (Å²) >= 11 is 0. The van der Waals surface area contributed by atoms with Gasteiger partial charge in [-0.15, -0.1) is 0 Å². The van der Waals surface area contributed by atoms with E-state index in [4.69, 9.17) is 4.74 Å². The Labute approximate surface area is 140 Å². The van der Waals surface area contributed by atoms with E-state index in [1.54, 1.807) is 24.5 Å². The van der Waals surface area contributed by atoms with Crippen molar-refractivity contribution >= 4 is 17.7 Å². The topological polar surface area (TPSA) is 51.2 Å². The minimum absolute atomic E-state index is 0.212. The summed E-state index contributed by atoms with van der Waals surface area (Å²) in [5.74, 6) is 1.20. The third kappa shape index (κ3) is 4.55. The summed E-state index contributed by atoms with van der Waals surface area (Å²) in [5.41, 5.74) is 1.54. The van der Waals surface area contributed by atoms with E-state index < -0.39 is 0 Å². The van der Waals surface area contributed by atoms with Gasteiger partial charge in [-0.3, -0.25) is 9.78 Å². The molecule has 4 heteroatoms. The second-order valence-electron chi connectivity index (χ2n) is 5.05. The molecule has 0 spiro atoms. The van der Waals surface area contributed by atoms with Crippen molar-refractivity contribution in [3.8, 4) is 11.5 Å². The van der Waals surface area contributed by atoms with Crippen molar-refractivity contribution in [2.24, 2.45) is 0 Å². The number of nitrogens with zero attached hydrogens (tertiary/aromatic N) is 1. The summed E-state index contributed by atoms with van der Waals surface area (Å²) in [6.45, 7) is 0. The predicted octanol–water partition coefficient (Wildman–Crippen LogP) is 4.53. The van der Waals surface area contributed by atoms with Crippen LogP contribution in [0.15, 0.2) is 85.2 Å². The summed E-state index contributed by atoms with van der Waals surface area (Å²) in [6, 6.07) is 20.5. The van der Waals surface area contributed by atoms with Gasteiger partial charge in [-0.05, 0) is 42.0 Å². The van der Waals surface area contributed by atoms with Gasteiger partial charge in [-0.1, -0.05) is 30.3 Å². The van der Waals surface area contributed by atoms with Gasteiger partial charge in [0.05, 0.1) is 0 Å². The van der Waals surface area contributed by atoms with Crippen LogP contribution in [0.1, 0.15) is 5.56 Å². The Balaban J connectivity index is 1.64. The van der Waals surface area contributed by atoms with Gasteiger partial charge < -0.3 is 10.1 Å². The minimum atomic E-state index is -0.212. The molecule has 0 aliphatic heterocycles. The molecule has 24 heavy (non-hydrogen) atoms. The van der Waals surface area contributed by atoms with Crippen molar-refractivity contribution in [1.82, 2.24) is 4.98 Å². The number of aromatic nitrogens is 1. The molecule has 2 aromatic carbocycles. The van der Waals surface area contributed by atoms with E-state index in [0.717, 1.165) is 11.3 Å². The first-order valence-electron chi connectivity index (χ1n) is 7.52.